The molecule has 1 aliphatic rings. The molecule has 4 rings (SSSR count). The fourth-order valence-corrected chi connectivity index (χ4v) is 4.55. The molecule has 0 spiro atoms. The van der Waals surface area contributed by atoms with E-state index in [2.05, 4.69) is 19.2 Å². The Labute approximate surface area is 199 Å². The fraction of sp³-hybridized carbons (Fsp3) is 0.346. The van der Waals surface area contributed by atoms with Crippen LogP contribution >= 0.6 is 11.8 Å². The number of hydrogen-bond donors (Lipinski definition) is 1. The lowest BCUT2D eigenvalue weighted by Gasteiger charge is -2.32. The lowest BCUT2D eigenvalue weighted by molar-refractivity contribution is -0.115. The number of rotatable bonds is 6. The zero-order chi connectivity index (χ0) is 23.6. The van der Waals surface area contributed by atoms with Crippen molar-refractivity contribution in [1.82, 2.24) is 9.97 Å². The first kappa shape index (κ1) is 23.3. The van der Waals surface area contributed by atoms with Crippen LogP contribution in [0.2, 0.25) is 0 Å². The SMILES string of the molecule is COc1ccc(-c2nc3c(c(S[C@H](C)C(=O)Nc4ccc(C)cc4)n2)COC(C)(C)C3)cc1. The largest absolute Gasteiger partial charge is 0.497 e. The summed E-state index contributed by atoms with van der Waals surface area (Å²) in [4.78, 5) is 22.6. The van der Waals surface area contributed by atoms with Crippen LogP contribution in [0.4, 0.5) is 5.69 Å². The highest BCUT2D eigenvalue weighted by atomic mass is 32.2. The van der Waals surface area contributed by atoms with Crippen molar-refractivity contribution >= 4 is 23.4 Å². The third kappa shape index (κ3) is 5.54. The van der Waals surface area contributed by atoms with E-state index in [0.717, 1.165) is 38.8 Å². The average Bonchev–Trinajstić information content (AvgIpc) is 2.79. The molecule has 172 valence electrons. The van der Waals surface area contributed by atoms with Gasteiger partial charge in [0.1, 0.15) is 10.8 Å². The normalized spacial score (nSPS) is 15.4. The summed E-state index contributed by atoms with van der Waals surface area (Å²) in [5.74, 6) is 1.35. The van der Waals surface area contributed by atoms with Gasteiger partial charge in [-0.25, -0.2) is 9.97 Å². The number of benzene rings is 2. The fourth-order valence-electron chi connectivity index (χ4n) is 3.59. The maximum atomic E-state index is 12.9. The minimum absolute atomic E-state index is 0.0701. The number of nitrogens with one attached hydrogen (secondary N) is 1. The molecule has 0 saturated heterocycles. The molecule has 0 bridgehead atoms. The summed E-state index contributed by atoms with van der Waals surface area (Å²) >= 11 is 1.44. The molecule has 1 aromatic heterocycles. The number of carbonyl (C=O) groups is 1. The Hall–Kier alpha value is -2.90. The van der Waals surface area contributed by atoms with Crippen LogP contribution in [0.5, 0.6) is 5.75 Å². The Morgan fingerprint density at radius 1 is 1.12 bits per heavy atom. The van der Waals surface area contributed by atoms with Crippen molar-refractivity contribution in [2.45, 2.75) is 56.6 Å². The van der Waals surface area contributed by atoms with Gasteiger partial charge in [0.2, 0.25) is 5.91 Å². The Bertz CT molecular complexity index is 1140. The maximum Gasteiger partial charge on any atom is 0.237 e. The van der Waals surface area contributed by atoms with Gasteiger partial charge in [-0.15, -0.1) is 0 Å². The lowest BCUT2D eigenvalue weighted by Crippen LogP contribution is -2.33. The number of amides is 1. The van der Waals surface area contributed by atoms with Gasteiger partial charge in [0.25, 0.3) is 0 Å². The molecule has 6 nitrogen and oxygen atoms in total. The molecule has 1 atom stereocenters. The number of anilines is 1. The summed E-state index contributed by atoms with van der Waals surface area (Å²) in [5.41, 5.74) is 4.48. The molecule has 3 aromatic rings. The lowest BCUT2D eigenvalue weighted by atomic mass is 9.96. The molecule has 7 heteroatoms. The minimum atomic E-state index is -0.344. The quantitative estimate of drug-likeness (QED) is 0.388. The van der Waals surface area contributed by atoms with Gasteiger partial charge in [-0.1, -0.05) is 29.5 Å². The van der Waals surface area contributed by atoms with Crippen molar-refractivity contribution in [2.75, 3.05) is 12.4 Å². The second-order valence-corrected chi connectivity index (χ2v) is 10.2. The van der Waals surface area contributed by atoms with Crippen molar-refractivity contribution in [2.24, 2.45) is 0 Å². The van der Waals surface area contributed by atoms with Crippen molar-refractivity contribution < 1.29 is 14.3 Å². The molecule has 0 radical (unpaired) electrons. The van der Waals surface area contributed by atoms with Gasteiger partial charge in [-0.3, -0.25) is 4.79 Å². The smallest absolute Gasteiger partial charge is 0.237 e. The van der Waals surface area contributed by atoms with Crippen LogP contribution in [0.25, 0.3) is 11.4 Å². The molecule has 1 aliphatic heterocycles. The van der Waals surface area contributed by atoms with Crippen LogP contribution in [0.1, 0.15) is 37.6 Å². The minimum Gasteiger partial charge on any atom is -0.497 e. The van der Waals surface area contributed by atoms with E-state index in [0.29, 0.717) is 18.9 Å². The standard InChI is InChI=1S/C26H29N3O3S/c1-16-6-10-19(11-7-16)27-24(30)17(2)33-25-21-15-32-26(3,4)14-22(21)28-23(29-25)18-8-12-20(31-5)13-9-18/h6-13,17H,14-15H2,1-5H3,(H,27,30)/t17-/m1/s1. The van der Waals surface area contributed by atoms with E-state index in [-0.39, 0.29) is 16.8 Å². The maximum absolute atomic E-state index is 12.9. The van der Waals surface area contributed by atoms with Crippen LogP contribution in [-0.4, -0.2) is 33.8 Å². The van der Waals surface area contributed by atoms with Gasteiger partial charge < -0.3 is 14.8 Å². The highest BCUT2D eigenvalue weighted by Gasteiger charge is 2.31. The van der Waals surface area contributed by atoms with E-state index >= 15 is 0 Å². The zero-order valence-corrected chi connectivity index (χ0v) is 20.5. The third-order valence-corrected chi connectivity index (χ3v) is 6.71. The van der Waals surface area contributed by atoms with Crippen LogP contribution in [0.15, 0.2) is 53.6 Å². The molecular formula is C26H29N3O3S. The number of aryl methyl sites for hydroxylation is 1. The van der Waals surface area contributed by atoms with Gasteiger partial charge in [-0.05, 0) is 64.1 Å². The Morgan fingerprint density at radius 2 is 1.82 bits per heavy atom. The molecular weight excluding hydrogens is 434 g/mol. The number of fused-ring (bicyclic) bond motifs is 1. The topological polar surface area (TPSA) is 73.3 Å². The number of nitrogens with zero attached hydrogens (tertiary/aromatic N) is 2. The number of carbonyl (C=O) groups excluding carboxylic acids is 1. The number of ether oxygens (including phenoxy) is 2. The molecule has 1 amide bonds. The number of methoxy groups -OCH3 is 1. The first-order valence-electron chi connectivity index (χ1n) is 11.0. The van der Waals surface area contributed by atoms with E-state index in [4.69, 9.17) is 19.4 Å². The van der Waals surface area contributed by atoms with E-state index < -0.39 is 0 Å². The predicted octanol–water partition coefficient (Wildman–Crippen LogP) is 5.43. The van der Waals surface area contributed by atoms with Crippen molar-refractivity contribution in [3.63, 3.8) is 0 Å². The van der Waals surface area contributed by atoms with E-state index in [1.807, 2.05) is 62.4 Å². The van der Waals surface area contributed by atoms with Crippen LogP contribution in [0.3, 0.4) is 0 Å². The predicted molar refractivity (Wildman–Crippen MR) is 132 cm³/mol. The number of thioether (sulfide) groups is 1. The second-order valence-electron chi connectivity index (χ2n) is 8.85. The molecule has 0 unspecified atom stereocenters. The summed E-state index contributed by atoms with van der Waals surface area (Å²) in [6, 6.07) is 15.5. The van der Waals surface area contributed by atoms with Gasteiger partial charge in [0, 0.05) is 23.2 Å². The van der Waals surface area contributed by atoms with E-state index in [1.54, 1.807) is 7.11 Å². The van der Waals surface area contributed by atoms with Crippen LogP contribution in [0, 0.1) is 6.92 Å². The van der Waals surface area contributed by atoms with Gasteiger partial charge >= 0.3 is 0 Å². The average molecular weight is 464 g/mol. The molecule has 2 aromatic carbocycles. The molecule has 1 N–H and O–H groups in total. The molecule has 0 aliphatic carbocycles. The second kappa shape index (κ2) is 9.53. The van der Waals surface area contributed by atoms with E-state index in [1.165, 1.54) is 11.8 Å². The molecule has 0 fully saturated rings. The van der Waals surface area contributed by atoms with Gasteiger partial charge in [-0.2, -0.15) is 0 Å². The molecule has 33 heavy (non-hydrogen) atoms. The Morgan fingerprint density at radius 3 is 2.48 bits per heavy atom. The zero-order valence-electron chi connectivity index (χ0n) is 19.6. The third-order valence-electron chi connectivity index (χ3n) is 5.58. The van der Waals surface area contributed by atoms with Gasteiger partial charge in [0.05, 0.1) is 30.3 Å². The van der Waals surface area contributed by atoms with Gasteiger partial charge in [0.15, 0.2) is 5.82 Å². The van der Waals surface area contributed by atoms with Crippen molar-refractivity contribution in [3.05, 3.63) is 65.4 Å². The first-order chi connectivity index (χ1) is 15.7. The summed E-state index contributed by atoms with van der Waals surface area (Å²) in [7, 11) is 1.64. The number of hydrogen-bond acceptors (Lipinski definition) is 6. The van der Waals surface area contributed by atoms with Crippen LogP contribution in [-0.2, 0) is 22.6 Å². The van der Waals surface area contributed by atoms with E-state index in [9.17, 15) is 4.79 Å². The summed E-state index contributed by atoms with van der Waals surface area (Å²) < 4.78 is 11.3. The van der Waals surface area contributed by atoms with Crippen LogP contribution < -0.4 is 10.1 Å². The highest BCUT2D eigenvalue weighted by molar-refractivity contribution is 8.00. The highest BCUT2D eigenvalue weighted by Crippen LogP contribution is 2.36. The Balaban J connectivity index is 1.62. The van der Waals surface area contributed by atoms with Crippen molar-refractivity contribution in [3.8, 4) is 17.1 Å². The molecule has 2 heterocycles. The molecule has 0 saturated carbocycles. The summed E-state index contributed by atoms with van der Waals surface area (Å²) in [6.45, 7) is 8.47. The Kier molecular flexibility index (Phi) is 6.72. The summed E-state index contributed by atoms with van der Waals surface area (Å²) in [5, 5.41) is 3.43. The first-order valence-corrected chi connectivity index (χ1v) is 11.8. The van der Waals surface area contributed by atoms with Crippen molar-refractivity contribution in [1.29, 1.82) is 0 Å². The summed E-state index contributed by atoms with van der Waals surface area (Å²) in [6.07, 6.45) is 0.686. The number of aromatic nitrogens is 2. The monoisotopic (exact) mass is 463 g/mol.